The smallest absolute Gasteiger partial charge is 0.318 e. The van der Waals surface area contributed by atoms with E-state index >= 15 is 0 Å². The molecule has 0 aromatic heterocycles. The van der Waals surface area contributed by atoms with Crippen molar-refractivity contribution >= 4 is 6.03 Å². The zero-order valence-corrected chi connectivity index (χ0v) is 10.5. The molecule has 2 amide bonds. The van der Waals surface area contributed by atoms with Gasteiger partial charge in [-0.25, -0.2) is 4.79 Å². The van der Waals surface area contributed by atoms with Crippen LogP contribution in [0.4, 0.5) is 4.79 Å². The van der Waals surface area contributed by atoms with Crippen molar-refractivity contribution in [1.82, 2.24) is 21.3 Å². The third-order valence-corrected chi connectivity index (χ3v) is 2.79. The lowest BCUT2D eigenvalue weighted by molar-refractivity contribution is 0.219. The van der Waals surface area contributed by atoms with E-state index in [1.165, 1.54) is 0 Å². The number of dihydropyridines is 2. The van der Waals surface area contributed by atoms with Crippen molar-refractivity contribution in [2.75, 3.05) is 0 Å². The molecule has 2 aliphatic heterocycles. The van der Waals surface area contributed by atoms with Crippen LogP contribution in [0.5, 0.6) is 0 Å². The first-order chi connectivity index (χ1) is 8.52. The molecule has 2 heterocycles. The molecule has 4 N–H and O–H groups in total. The second-order valence-corrected chi connectivity index (χ2v) is 4.71. The SMILES string of the molecule is CC1(NC(=O)NC2(C)C=CC=CN2)C=CC=CN1. The fraction of sp³-hybridized carbons (Fsp3) is 0.308. The van der Waals surface area contributed by atoms with Gasteiger partial charge < -0.3 is 21.3 Å². The summed E-state index contributed by atoms with van der Waals surface area (Å²) >= 11 is 0. The number of hydrogen-bond donors (Lipinski definition) is 4. The fourth-order valence-corrected chi connectivity index (χ4v) is 1.80. The summed E-state index contributed by atoms with van der Waals surface area (Å²) in [7, 11) is 0. The molecule has 0 spiro atoms. The van der Waals surface area contributed by atoms with E-state index in [2.05, 4.69) is 21.3 Å². The summed E-state index contributed by atoms with van der Waals surface area (Å²) in [5.41, 5.74) is -1.13. The van der Waals surface area contributed by atoms with Crippen molar-refractivity contribution < 1.29 is 4.79 Å². The first-order valence-electron chi connectivity index (χ1n) is 5.86. The lowest BCUT2D eigenvalue weighted by atomic mass is 10.1. The minimum atomic E-state index is -0.566. The number of rotatable bonds is 2. The number of urea groups is 1. The Morgan fingerprint density at radius 2 is 1.33 bits per heavy atom. The highest BCUT2D eigenvalue weighted by Gasteiger charge is 2.27. The van der Waals surface area contributed by atoms with Gasteiger partial charge >= 0.3 is 6.03 Å². The molecule has 5 heteroatoms. The Labute approximate surface area is 107 Å². The molecule has 0 fully saturated rings. The number of hydrogen-bond acceptors (Lipinski definition) is 3. The Morgan fingerprint density at radius 3 is 1.67 bits per heavy atom. The quantitative estimate of drug-likeness (QED) is 0.589. The first kappa shape index (κ1) is 12.3. The Hall–Kier alpha value is -2.17. The highest BCUT2D eigenvalue weighted by Crippen LogP contribution is 2.08. The van der Waals surface area contributed by atoms with Crippen molar-refractivity contribution in [2.24, 2.45) is 0 Å². The minimum Gasteiger partial charge on any atom is -0.366 e. The van der Waals surface area contributed by atoms with Crippen LogP contribution in [0.3, 0.4) is 0 Å². The molecule has 2 unspecified atom stereocenters. The van der Waals surface area contributed by atoms with Crippen molar-refractivity contribution in [3.63, 3.8) is 0 Å². The number of allylic oxidation sites excluding steroid dienone is 4. The van der Waals surface area contributed by atoms with Crippen molar-refractivity contribution in [2.45, 2.75) is 25.2 Å². The van der Waals surface area contributed by atoms with Gasteiger partial charge in [0.05, 0.1) is 0 Å². The molecule has 18 heavy (non-hydrogen) atoms. The lowest BCUT2D eigenvalue weighted by Crippen LogP contribution is -2.62. The first-order valence-corrected chi connectivity index (χ1v) is 5.86. The predicted molar refractivity (Wildman–Crippen MR) is 71.3 cm³/mol. The molecule has 0 aromatic rings. The van der Waals surface area contributed by atoms with Gasteiger partial charge in [-0.3, -0.25) is 0 Å². The zero-order chi connectivity index (χ0) is 13.1. The van der Waals surface area contributed by atoms with E-state index in [0.717, 1.165) is 0 Å². The van der Waals surface area contributed by atoms with Gasteiger partial charge in [0.25, 0.3) is 0 Å². The molecule has 96 valence electrons. The second-order valence-electron chi connectivity index (χ2n) is 4.71. The molecular formula is C13H18N4O. The molecular weight excluding hydrogens is 228 g/mol. The van der Waals surface area contributed by atoms with Gasteiger partial charge in [-0.15, -0.1) is 0 Å². The zero-order valence-electron chi connectivity index (χ0n) is 10.5. The van der Waals surface area contributed by atoms with E-state index in [4.69, 9.17) is 0 Å². The Bertz CT molecular complexity index is 412. The van der Waals surface area contributed by atoms with Crippen LogP contribution in [0.25, 0.3) is 0 Å². The molecule has 0 saturated heterocycles. The maximum atomic E-state index is 12.0. The van der Waals surface area contributed by atoms with Crippen LogP contribution in [-0.2, 0) is 0 Å². The highest BCUT2D eigenvalue weighted by molar-refractivity contribution is 5.76. The molecule has 0 bridgehead atoms. The number of nitrogens with one attached hydrogen (secondary N) is 4. The van der Waals surface area contributed by atoms with Crippen LogP contribution in [0.15, 0.2) is 48.9 Å². The van der Waals surface area contributed by atoms with E-state index in [1.807, 2.05) is 50.3 Å². The fourth-order valence-electron chi connectivity index (χ4n) is 1.80. The number of carbonyl (C=O) groups excluding carboxylic acids is 1. The van der Waals surface area contributed by atoms with Gasteiger partial charge in [-0.2, -0.15) is 0 Å². The van der Waals surface area contributed by atoms with Gasteiger partial charge in [0.1, 0.15) is 11.3 Å². The molecule has 0 aliphatic carbocycles. The van der Waals surface area contributed by atoms with E-state index in [-0.39, 0.29) is 6.03 Å². The predicted octanol–water partition coefficient (Wildman–Crippen LogP) is 1.06. The van der Waals surface area contributed by atoms with Gasteiger partial charge in [0.15, 0.2) is 0 Å². The van der Waals surface area contributed by atoms with Gasteiger partial charge in [-0.1, -0.05) is 12.2 Å². The van der Waals surface area contributed by atoms with Crippen molar-refractivity contribution in [3.8, 4) is 0 Å². The molecule has 2 rings (SSSR count). The van der Waals surface area contributed by atoms with Crippen LogP contribution in [0.2, 0.25) is 0 Å². The maximum Gasteiger partial charge on any atom is 0.318 e. The standard InChI is InChI=1S/C13H18N4O/c1-12(7-3-5-9-14-12)16-11(18)17-13(2)8-4-6-10-15-13/h3-10,14-15H,1-2H3,(H2,16,17,18). The highest BCUT2D eigenvalue weighted by atomic mass is 16.2. The molecule has 2 atom stereocenters. The van der Waals surface area contributed by atoms with Gasteiger partial charge in [0.2, 0.25) is 0 Å². The summed E-state index contributed by atoms with van der Waals surface area (Å²) in [4.78, 5) is 12.0. The molecule has 0 saturated carbocycles. The van der Waals surface area contributed by atoms with E-state index in [9.17, 15) is 4.79 Å². The van der Waals surface area contributed by atoms with E-state index in [0.29, 0.717) is 0 Å². The topological polar surface area (TPSA) is 65.2 Å². The van der Waals surface area contributed by atoms with Crippen molar-refractivity contribution in [1.29, 1.82) is 0 Å². The Balaban J connectivity index is 1.93. The summed E-state index contributed by atoms with van der Waals surface area (Å²) < 4.78 is 0. The Kier molecular flexibility index (Phi) is 3.14. The van der Waals surface area contributed by atoms with Crippen LogP contribution in [-0.4, -0.2) is 17.4 Å². The summed E-state index contributed by atoms with van der Waals surface area (Å²) in [5.74, 6) is 0. The third-order valence-electron chi connectivity index (χ3n) is 2.79. The lowest BCUT2D eigenvalue weighted by Gasteiger charge is -2.34. The summed E-state index contributed by atoms with van der Waals surface area (Å²) in [6, 6.07) is -0.250. The van der Waals surface area contributed by atoms with E-state index in [1.54, 1.807) is 12.4 Å². The molecule has 5 nitrogen and oxygen atoms in total. The van der Waals surface area contributed by atoms with Crippen LogP contribution in [0, 0.1) is 0 Å². The minimum absolute atomic E-state index is 0.250. The molecule has 0 aromatic carbocycles. The second kappa shape index (κ2) is 4.60. The van der Waals surface area contributed by atoms with Crippen LogP contribution >= 0.6 is 0 Å². The largest absolute Gasteiger partial charge is 0.366 e. The summed E-state index contributed by atoms with van der Waals surface area (Å²) in [5, 5.41) is 11.9. The normalized spacial score (nSPS) is 32.6. The van der Waals surface area contributed by atoms with E-state index < -0.39 is 11.3 Å². The third kappa shape index (κ3) is 2.94. The summed E-state index contributed by atoms with van der Waals surface area (Å²) in [6.45, 7) is 3.78. The van der Waals surface area contributed by atoms with Crippen molar-refractivity contribution in [3.05, 3.63) is 48.9 Å². The molecule has 2 aliphatic rings. The van der Waals surface area contributed by atoms with Gasteiger partial charge in [0, 0.05) is 0 Å². The number of amides is 2. The monoisotopic (exact) mass is 246 g/mol. The van der Waals surface area contributed by atoms with Crippen LogP contribution in [0.1, 0.15) is 13.8 Å². The Morgan fingerprint density at radius 1 is 0.889 bits per heavy atom. The average molecular weight is 246 g/mol. The summed E-state index contributed by atoms with van der Waals surface area (Å²) in [6.07, 6.45) is 14.9. The van der Waals surface area contributed by atoms with Gasteiger partial charge in [-0.05, 0) is 50.6 Å². The number of carbonyl (C=O) groups is 1. The maximum absolute atomic E-state index is 12.0. The van der Waals surface area contributed by atoms with Crippen LogP contribution < -0.4 is 21.3 Å². The molecule has 0 radical (unpaired) electrons. The average Bonchev–Trinajstić information content (AvgIpc) is 2.29.